The Morgan fingerprint density at radius 3 is 3.04 bits per heavy atom. The Hall–Kier alpha value is -1.98. The minimum atomic E-state index is 0.483. The molecule has 0 aliphatic carbocycles. The molecule has 1 aliphatic rings. The van der Waals surface area contributed by atoms with Gasteiger partial charge in [0, 0.05) is 30.1 Å². The Kier molecular flexibility index (Phi) is 3.97. The summed E-state index contributed by atoms with van der Waals surface area (Å²) in [5, 5.41) is 8.43. The number of nitrogens with zero attached hydrogens (tertiary/aromatic N) is 4. The first-order valence-corrected chi connectivity index (χ1v) is 8.31. The van der Waals surface area contributed by atoms with Gasteiger partial charge in [0.25, 0.3) is 0 Å². The van der Waals surface area contributed by atoms with Crippen molar-refractivity contribution in [1.82, 2.24) is 25.1 Å². The van der Waals surface area contributed by atoms with E-state index in [4.69, 9.17) is 11.6 Å². The maximum Gasteiger partial charge on any atom is 0.129 e. The molecule has 3 aromatic rings. The topological polar surface area (TPSA) is 55.6 Å². The van der Waals surface area contributed by atoms with Gasteiger partial charge < -0.3 is 5.32 Å². The molecular weight excluding hydrogens is 310 g/mol. The van der Waals surface area contributed by atoms with Crippen LogP contribution in [0.1, 0.15) is 12.8 Å². The summed E-state index contributed by atoms with van der Waals surface area (Å²) >= 11 is 5.97. The standard InChI is InChI=1S/C17H18ClN5/c18-17-4-3-15-16(22-17)6-13(8-20-15)14-9-21-23(11-14)10-12-2-1-5-19-7-12/h3-4,6,8-9,11-12,19H,1-2,5,7,10H2. The molecule has 0 aromatic carbocycles. The lowest BCUT2D eigenvalue weighted by Gasteiger charge is -2.22. The molecule has 1 N–H and O–H groups in total. The molecule has 118 valence electrons. The zero-order valence-corrected chi connectivity index (χ0v) is 13.5. The van der Waals surface area contributed by atoms with E-state index in [1.54, 1.807) is 6.07 Å². The quantitative estimate of drug-likeness (QED) is 0.751. The third-order valence-corrected chi connectivity index (χ3v) is 4.52. The van der Waals surface area contributed by atoms with Gasteiger partial charge in [0.05, 0.1) is 17.2 Å². The second kappa shape index (κ2) is 6.26. The molecule has 1 atom stereocenters. The van der Waals surface area contributed by atoms with Gasteiger partial charge in [-0.25, -0.2) is 4.98 Å². The Morgan fingerprint density at radius 2 is 2.17 bits per heavy atom. The van der Waals surface area contributed by atoms with Crippen LogP contribution in [0.2, 0.25) is 5.15 Å². The van der Waals surface area contributed by atoms with Crippen molar-refractivity contribution in [2.75, 3.05) is 13.1 Å². The number of rotatable bonds is 3. The Bertz CT molecular complexity index is 823. The van der Waals surface area contributed by atoms with Gasteiger partial charge in [0.2, 0.25) is 0 Å². The number of aromatic nitrogens is 4. The van der Waals surface area contributed by atoms with Crippen LogP contribution >= 0.6 is 11.6 Å². The molecule has 0 amide bonds. The van der Waals surface area contributed by atoms with E-state index in [9.17, 15) is 0 Å². The van der Waals surface area contributed by atoms with E-state index in [2.05, 4.69) is 26.6 Å². The van der Waals surface area contributed by atoms with Gasteiger partial charge in [0.15, 0.2) is 0 Å². The van der Waals surface area contributed by atoms with E-state index in [0.717, 1.165) is 41.8 Å². The molecule has 1 fully saturated rings. The fourth-order valence-corrected chi connectivity index (χ4v) is 3.25. The van der Waals surface area contributed by atoms with Crippen LogP contribution in [0.5, 0.6) is 0 Å². The molecule has 1 unspecified atom stereocenters. The van der Waals surface area contributed by atoms with E-state index in [1.165, 1.54) is 12.8 Å². The van der Waals surface area contributed by atoms with Gasteiger partial charge in [-0.2, -0.15) is 5.10 Å². The number of fused-ring (bicyclic) bond motifs is 1. The van der Waals surface area contributed by atoms with Gasteiger partial charge in [0.1, 0.15) is 5.15 Å². The molecule has 5 nitrogen and oxygen atoms in total. The normalized spacial score (nSPS) is 18.4. The number of piperidine rings is 1. The highest BCUT2D eigenvalue weighted by molar-refractivity contribution is 6.29. The predicted octanol–water partition coefficient (Wildman–Crippen LogP) is 3.15. The Morgan fingerprint density at radius 1 is 1.22 bits per heavy atom. The van der Waals surface area contributed by atoms with Crippen molar-refractivity contribution in [3.05, 3.63) is 41.9 Å². The third kappa shape index (κ3) is 3.21. The smallest absolute Gasteiger partial charge is 0.129 e. The van der Waals surface area contributed by atoms with E-state index in [-0.39, 0.29) is 0 Å². The zero-order chi connectivity index (χ0) is 15.6. The Labute approximate surface area is 139 Å². The SMILES string of the molecule is Clc1ccc2ncc(-c3cnn(CC4CCCNC4)c3)cc2n1. The van der Waals surface area contributed by atoms with E-state index in [1.807, 2.05) is 29.2 Å². The van der Waals surface area contributed by atoms with Crippen molar-refractivity contribution in [2.45, 2.75) is 19.4 Å². The lowest BCUT2D eigenvalue weighted by atomic mass is 10.00. The lowest BCUT2D eigenvalue weighted by molar-refractivity contribution is 0.325. The third-order valence-electron chi connectivity index (χ3n) is 4.31. The second-order valence-corrected chi connectivity index (χ2v) is 6.45. The summed E-state index contributed by atoms with van der Waals surface area (Å²) in [6.45, 7) is 3.17. The van der Waals surface area contributed by atoms with Gasteiger partial charge in [-0.05, 0) is 50.0 Å². The van der Waals surface area contributed by atoms with Crippen LogP contribution in [-0.2, 0) is 6.54 Å². The highest BCUT2D eigenvalue weighted by Gasteiger charge is 2.14. The highest BCUT2D eigenvalue weighted by Crippen LogP contribution is 2.23. The van der Waals surface area contributed by atoms with Gasteiger partial charge in [-0.3, -0.25) is 9.67 Å². The predicted molar refractivity (Wildman–Crippen MR) is 91.4 cm³/mol. The van der Waals surface area contributed by atoms with Crippen LogP contribution in [0.3, 0.4) is 0 Å². The largest absolute Gasteiger partial charge is 0.316 e. The summed E-state index contributed by atoms with van der Waals surface area (Å²) in [5.41, 5.74) is 3.73. The first kappa shape index (κ1) is 14.6. The van der Waals surface area contributed by atoms with Crippen molar-refractivity contribution < 1.29 is 0 Å². The van der Waals surface area contributed by atoms with Crippen LogP contribution < -0.4 is 5.32 Å². The van der Waals surface area contributed by atoms with Gasteiger partial charge in [-0.1, -0.05) is 11.6 Å². The monoisotopic (exact) mass is 327 g/mol. The van der Waals surface area contributed by atoms with E-state index < -0.39 is 0 Å². The minimum Gasteiger partial charge on any atom is -0.316 e. The van der Waals surface area contributed by atoms with Gasteiger partial charge >= 0.3 is 0 Å². The summed E-state index contributed by atoms with van der Waals surface area (Å²) in [4.78, 5) is 8.79. The number of halogens is 1. The molecule has 0 bridgehead atoms. The summed E-state index contributed by atoms with van der Waals surface area (Å²) in [6, 6.07) is 5.65. The van der Waals surface area contributed by atoms with E-state index >= 15 is 0 Å². The molecular formula is C17H18ClN5. The van der Waals surface area contributed by atoms with Crippen molar-refractivity contribution in [1.29, 1.82) is 0 Å². The van der Waals surface area contributed by atoms with Crippen LogP contribution in [-0.4, -0.2) is 32.8 Å². The van der Waals surface area contributed by atoms with E-state index in [0.29, 0.717) is 11.1 Å². The molecule has 6 heteroatoms. The number of hydrogen-bond acceptors (Lipinski definition) is 4. The molecule has 0 radical (unpaired) electrons. The minimum absolute atomic E-state index is 0.483. The molecule has 0 saturated carbocycles. The zero-order valence-electron chi connectivity index (χ0n) is 12.7. The van der Waals surface area contributed by atoms with Crippen LogP contribution in [0.4, 0.5) is 0 Å². The fourth-order valence-electron chi connectivity index (χ4n) is 3.10. The van der Waals surface area contributed by atoms with Crippen molar-refractivity contribution in [3.8, 4) is 11.1 Å². The number of hydrogen-bond donors (Lipinski definition) is 1. The maximum absolute atomic E-state index is 5.97. The average molecular weight is 328 g/mol. The van der Waals surface area contributed by atoms with Crippen LogP contribution in [0.15, 0.2) is 36.8 Å². The molecule has 3 aromatic heterocycles. The molecule has 4 rings (SSSR count). The van der Waals surface area contributed by atoms with Crippen molar-refractivity contribution >= 4 is 22.6 Å². The fraction of sp³-hybridized carbons (Fsp3) is 0.353. The lowest BCUT2D eigenvalue weighted by Crippen LogP contribution is -2.32. The Balaban J connectivity index is 1.58. The molecule has 23 heavy (non-hydrogen) atoms. The maximum atomic E-state index is 5.97. The van der Waals surface area contributed by atoms with Crippen LogP contribution in [0, 0.1) is 5.92 Å². The van der Waals surface area contributed by atoms with Crippen LogP contribution in [0.25, 0.3) is 22.2 Å². The first-order valence-electron chi connectivity index (χ1n) is 7.94. The summed E-state index contributed by atoms with van der Waals surface area (Å²) < 4.78 is 2.03. The number of nitrogens with one attached hydrogen (secondary N) is 1. The molecule has 4 heterocycles. The van der Waals surface area contributed by atoms with Gasteiger partial charge in [-0.15, -0.1) is 0 Å². The number of pyridine rings is 2. The summed E-state index contributed by atoms with van der Waals surface area (Å²) in [6.07, 6.45) is 8.36. The molecule has 1 aliphatic heterocycles. The highest BCUT2D eigenvalue weighted by atomic mass is 35.5. The molecule has 1 saturated heterocycles. The van der Waals surface area contributed by atoms with Crippen molar-refractivity contribution in [3.63, 3.8) is 0 Å². The summed E-state index contributed by atoms with van der Waals surface area (Å²) in [5.74, 6) is 0.659. The average Bonchev–Trinajstić information content (AvgIpc) is 3.03. The summed E-state index contributed by atoms with van der Waals surface area (Å²) in [7, 11) is 0. The molecule has 0 spiro atoms. The first-order chi connectivity index (χ1) is 11.3. The van der Waals surface area contributed by atoms with Crippen molar-refractivity contribution in [2.24, 2.45) is 5.92 Å². The second-order valence-electron chi connectivity index (χ2n) is 6.06.